The summed E-state index contributed by atoms with van der Waals surface area (Å²) in [5, 5.41) is 6.34. The molecule has 5 nitrogen and oxygen atoms in total. The maximum absolute atomic E-state index is 12.1. The molecule has 0 radical (unpaired) electrons. The number of amides is 3. The predicted octanol–water partition coefficient (Wildman–Crippen LogP) is 3.74. The summed E-state index contributed by atoms with van der Waals surface area (Å²) < 4.78 is 0. The van der Waals surface area contributed by atoms with Gasteiger partial charge in [-0.25, -0.2) is 4.79 Å². The van der Waals surface area contributed by atoms with Crippen molar-refractivity contribution in [3.05, 3.63) is 59.1 Å². The molecule has 1 saturated heterocycles. The van der Waals surface area contributed by atoms with Gasteiger partial charge in [0.25, 0.3) is 0 Å². The van der Waals surface area contributed by atoms with Crippen molar-refractivity contribution >= 4 is 46.7 Å². The lowest BCUT2D eigenvalue weighted by molar-refractivity contribution is -0.113. The summed E-state index contributed by atoms with van der Waals surface area (Å²) in [6.45, 7) is 1.27. The molecule has 1 fully saturated rings. The van der Waals surface area contributed by atoms with Gasteiger partial charge in [0.15, 0.2) is 0 Å². The molecule has 2 N–H and O–H groups in total. The number of thioether (sulfide) groups is 1. The zero-order chi connectivity index (χ0) is 17.6. The smallest absolute Gasteiger partial charge is 0.321 e. The Hall–Kier alpha value is -2.18. The van der Waals surface area contributed by atoms with Gasteiger partial charge in [0.05, 0.1) is 5.75 Å². The molecule has 7 heteroatoms. The number of carbonyl (C=O) groups is 2. The van der Waals surface area contributed by atoms with Crippen LogP contribution < -0.4 is 15.5 Å². The zero-order valence-electron chi connectivity index (χ0n) is 13.5. The highest BCUT2D eigenvalue weighted by molar-refractivity contribution is 7.99. The maximum Gasteiger partial charge on any atom is 0.321 e. The number of benzene rings is 2. The van der Waals surface area contributed by atoms with Crippen LogP contribution in [0.15, 0.2) is 48.5 Å². The molecule has 0 unspecified atom stereocenters. The first-order valence-electron chi connectivity index (χ1n) is 7.89. The van der Waals surface area contributed by atoms with Crippen LogP contribution in [0.4, 0.5) is 16.2 Å². The van der Waals surface area contributed by atoms with Gasteiger partial charge in [-0.2, -0.15) is 0 Å². The molecular formula is C18H18ClN3O2S. The highest BCUT2D eigenvalue weighted by Crippen LogP contribution is 2.21. The van der Waals surface area contributed by atoms with Crippen LogP contribution in [0.3, 0.4) is 0 Å². The van der Waals surface area contributed by atoms with E-state index in [9.17, 15) is 9.59 Å². The number of halogens is 1. The van der Waals surface area contributed by atoms with E-state index in [1.165, 1.54) is 11.8 Å². The van der Waals surface area contributed by atoms with Gasteiger partial charge in [0.1, 0.15) is 0 Å². The van der Waals surface area contributed by atoms with Gasteiger partial charge in [-0.15, -0.1) is 11.8 Å². The van der Waals surface area contributed by atoms with E-state index in [-0.39, 0.29) is 11.9 Å². The second kappa shape index (κ2) is 8.27. The fourth-order valence-electron chi connectivity index (χ4n) is 2.55. The Bertz CT molecular complexity index is 784. The highest BCUT2D eigenvalue weighted by Gasteiger charge is 2.21. The second-order valence-electron chi connectivity index (χ2n) is 5.60. The fourth-order valence-corrected chi connectivity index (χ4v) is 3.54. The van der Waals surface area contributed by atoms with Crippen LogP contribution in [0.1, 0.15) is 5.56 Å². The summed E-state index contributed by atoms with van der Waals surface area (Å²) in [6.07, 6.45) is 0. The van der Waals surface area contributed by atoms with E-state index in [1.54, 1.807) is 4.90 Å². The minimum absolute atomic E-state index is 0.0740. The molecule has 25 heavy (non-hydrogen) atoms. The monoisotopic (exact) mass is 375 g/mol. The average molecular weight is 376 g/mol. The summed E-state index contributed by atoms with van der Waals surface area (Å²) in [6, 6.07) is 14.8. The third-order valence-electron chi connectivity index (χ3n) is 3.69. The van der Waals surface area contributed by atoms with Crippen molar-refractivity contribution in [2.24, 2.45) is 0 Å². The van der Waals surface area contributed by atoms with E-state index < -0.39 is 0 Å². The first kappa shape index (κ1) is 17.6. The molecule has 0 saturated carbocycles. The van der Waals surface area contributed by atoms with E-state index in [0.29, 0.717) is 29.6 Å². The Kier molecular flexibility index (Phi) is 5.83. The lowest BCUT2D eigenvalue weighted by Crippen LogP contribution is -2.27. The molecule has 1 heterocycles. The molecule has 0 aliphatic carbocycles. The van der Waals surface area contributed by atoms with Crippen LogP contribution in [0.25, 0.3) is 0 Å². The third-order valence-corrected chi connectivity index (χ3v) is 4.93. The summed E-state index contributed by atoms with van der Waals surface area (Å²) in [5.74, 6) is 0.998. The third kappa shape index (κ3) is 4.90. The number of carbonyl (C=O) groups excluding carboxylic acids is 2. The van der Waals surface area contributed by atoms with E-state index in [1.807, 2.05) is 48.5 Å². The van der Waals surface area contributed by atoms with Crippen LogP contribution in [-0.4, -0.2) is 30.8 Å². The second-order valence-corrected chi connectivity index (χ2v) is 7.03. The molecular weight excluding hydrogens is 358 g/mol. The van der Waals surface area contributed by atoms with Crippen molar-refractivity contribution in [1.82, 2.24) is 5.32 Å². The summed E-state index contributed by atoms with van der Waals surface area (Å²) in [4.78, 5) is 25.5. The number of anilines is 2. The Morgan fingerprint density at radius 1 is 1.24 bits per heavy atom. The standard InChI is InChI=1S/C18H18ClN3O2S/c19-14-4-1-3-13(9-14)11-25-12-17(23)21-15-5-2-6-16(10-15)22-8-7-20-18(22)24/h1-6,9-10H,7-8,11-12H2,(H,20,24)(H,21,23). The van der Waals surface area contributed by atoms with Crippen molar-refractivity contribution in [2.75, 3.05) is 29.1 Å². The first-order valence-corrected chi connectivity index (χ1v) is 9.42. The van der Waals surface area contributed by atoms with Gasteiger partial charge < -0.3 is 10.6 Å². The normalized spacial score (nSPS) is 13.6. The van der Waals surface area contributed by atoms with Crippen molar-refractivity contribution in [2.45, 2.75) is 5.75 Å². The largest absolute Gasteiger partial charge is 0.336 e. The number of nitrogens with zero attached hydrogens (tertiary/aromatic N) is 1. The molecule has 0 spiro atoms. The van der Waals surface area contributed by atoms with Gasteiger partial charge in [0.2, 0.25) is 5.91 Å². The van der Waals surface area contributed by atoms with Gasteiger partial charge >= 0.3 is 6.03 Å². The lowest BCUT2D eigenvalue weighted by atomic mass is 10.2. The van der Waals surface area contributed by atoms with Gasteiger partial charge in [-0.05, 0) is 35.9 Å². The SMILES string of the molecule is O=C(CSCc1cccc(Cl)c1)Nc1cccc(N2CCNC2=O)c1. The van der Waals surface area contributed by atoms with Crippen LogP contribution >= 0.6 is 23.4 Å². The van der Waals surface area contributed by atoms with E-state index in [4.69, 9.17) is 11.6 Å². The minimum Gasteiger partial charge on any atom is -0.336 e. The molecule has 1 aliphatic heterocycles. The maximum atomic E-state index is 12.1. The van der Waals surface area contributed by atoms with Crippen molar-refractivity contribution in [1.29, 1.82) is 0 Å². The van der Waals surface area contributed by atoms with E-state index in [2.05, 4.69) is 10.6 Å². The lowest BCUT2D eigenvalue weighted by Gasteiger charge is -2.15. The Labute approximate surface area is 155 Å². The predicted molar refractivity (Wildman–Crippen MR) is 103 cm³/mol. The van der Waals surface area contributed by atoms with E-state index in [0.717, 1.165) is 17.0 Å². The first-order chi connectivity index (χ1) is 12.1. The summed E-state index contributed by atoms with van der Waals surface area (Å²) in [5.41, 5.74) is 2.55. The Morgan fingerprint density at radius 2 is 2.08 bits per heavy atom. The molecule has 2 aromatic rings. The summed E-state index contributed by atoms with van der Waals surface area (Å²) in [7, 11) is 0. The number of rotatable bonds is 6. The average Bonchev–Trinajstić information content (AvgIpc) is 3.01. The highest BCUT2D eigenvalue weighted by atomic mass is 35.5. The molecule has 0 aromatic heterocycles. The molecule has 3 rings (SSSR count). The molecule has 0 bridgehead atoms. The zero-order valence-corrected chi connectivity index (χ0v) is 15.1. The fraction of sp³-hybridized carbons (Fsp3) is 0.222. The van der Waals surface area contributed by atoms with Crippen molar-refractivity contribution in [3.8, 4) is 0 Å². The summed E-state index contributed by atoms with van der Waals surface area (Å²) >= 11 is 7.48. The van der Waals surface area contributed by atoms with Crippen LogP contribution in [0, 0.1) is 0 Å². The van der Waals surface area contributed by atoms with Crippen LogP contribution in [0.5, 0.6) is 0 Å². The van der Waals surface area contributed by atoms with Gasteiger partial charge in [-0.3, -0.25) is 9.69 Å². The van der Waals surface area contributed by atoms with Crippen LogP contribution in [0.2, 0.25) is 5.02 Å². The topological polar surface area (TPSA) is 61.4 Å². The molecule has 0 atom stereocenters. The number of hydrogen-bond acceptors (Lipinski definition) is 3. The van der Waals surface area contributed by atoms with Gasteiger partial charge in [0, 0.05) is 35.2 Å². The molecule has 3 amide bonds. The van der Waals surface area contributed by atoms with Crippen LogP contribution in [-0.2, 0) is 10.5 Å². The quantitative estimate of drug-likeness (QED) is 0.808. The number of nitrogens with one attached hydrogen (secondary N) is 2. The Balaban J connectivity index is 1.51. The Morgan fingerprint density at radius 3 is 2.84 bits per heavy atom. The number of hydrogen-bond donors (Lipinski definition) is 2. The molecule has 130 valence electrons. The molecule has 2 aromatic carbocycles. The number of urea groups is 1. The van der Waals surface area contributed by atoms with Crippen molar-refractivity contribution in [3.63, 3.8) is 0 Å². The van der Waals surface area contributed by atoms with E-state index >= 15 is 0 Å². The molecule has 1 aliphatic rings. The van der Waals surface area contributed by atoms with Gasteiger partial charge in [-0.1, -0.05) is 29.8 Å². The minimum atomic E-state index is -0.111. The van der Waals surface area contributed by atoms with Crippen molar-refractivity contribution < 1.29 is 9.59 Å².